The van der Waals surface area contributed by atoms with Crippen LogP contribution in [0.5, 0.6) is 0 Å². The maximum absolute atomic E-state index is 10.4. The van der Waals surface area contributed by atoms with Gasteiger partial charge in [0, 0.05) is 11.3 Å². The third-order valence-corrected chi connectivity index (χ3v) is 5.98. The highest BCUT2D eigenvalue weighted by molar-refractivity contribution is 5.25. The van der Waals surface area contributed by atoms with Crippen LogP contribution in [0, 0.1) is 17.3 Å². The fourth-order valence-corrected chi connectivity index (χ4v) is 4.52. The van der Waals surface area contributed by atoms with Crippen molar-refractivity contribution in [2.24, 2.45) is 17.3 Å². The molecule has 96 valence electrons. The summed E-state index contributed by atoms with van der Waals surface area (Å²) in [5.41, 5.74) is 1.34. The molecule has 0 amide bonds. The maximum atomic E-state index is 10.4. The monoisotopic (exact) mass is 236 g/mol. The molecule has 2 nitrogen and oxygen atoms in total. The summed E-state index contributed by atoms with van der Waals surface area (Å²) in [7, 11) is 0. The number of aliphatic hydroxyl groups is 1. The second-order valence-electron chi connectivity index (χ2n) is 6.79. The molecular formula is C15H24O2. The van der Waals surface area contributed by atoms with Gasteiger partial charge in [0.25, 0.3) is 0 Å². The van der Waals surface area contributed by atoms with Crippen LogP contribution in [0.4, 0.5) is 0 Å². The predicted molar refractivity (Wildman–Crippen MR) is 67.7 cm³/mol. The van der Waals surface area contributed by atoms with E-state index in [1.807, 2.05) is 6.92 Å². The fraction of sp³-hybridized carbons (Fsp3) is 0.867. The van der Waals surface area contributed by atoms with Crippen LogP contribution >= 0.6 is 0 Å². The first kappa shape index (κ1) is 11.7. The second-order valence-corrected chi connectivity index (χ2v) is 6.79. The lowest BCUT2D eigenvalue weighted by Crippen LogP contribution is -2.54. The molecule has 0 radical (unpaired) electrons. The summed E-state index contributed by atoms with van der Waals surface area (Å²) in [6.45, 7) is 10.8. The van der Waals surface area contributed by atoms with Crippen LogP contribution in [-0.4, -0.2) is 22.9 Å². The fourth-order valence-electron chi connectivity index (χ4n) is 4.52. The Kier molecular flexibility index (Phi) is 2.32. The van der Waals surface area contributed by atoms with Crippen LogP contribution in [-0.2, 0) is 4.74 Å². The van der Waals surface area contributed by atoms with Gasteiger partial charge in [-0.05, 0) is 32.1 Å². The molecule has 3 rings (SSSR count). The zero-order chi connectivity index (χ0) is 12.4. The predicted octanol–water partition coefficient (Wildman–Crippen LogP) is 2.91. The summed E-state index contributed by atoms with van der Waals surface area (Å²) >= 11 is 0. The largest absolute Gasteiger partial charge is 0.390 e. The van der Waals surface area contributed by atoms with Crippen molar-refractivity contribution in [2.45, 2.75) is 64.3 Å². The zero-order valence-electron chi connectivity index (χ0n) is 11.2. The molecule has 0 unspecified atom stereocenters. The van der Waals surface area contributed by atoms with E-state index in [1.165, 1.54) is 12.8 Å². The zero-order valence-corrected chi connectivity index (χ0v) is 11.2. The van der Waals surface area contributed by atoms with Crippen molar-refractivity contribution in [3.8, 4) is 0 Å². The van der Waals surface area contributed by atoms with Crippen molar-refractivity contribution in [3.05, 3.63) is 12.2 Å². The first-order chi connectivity index (χ1) is 7.92. The lowest BCUT2D eigenvalue weighted by molar-refractivity contribution is -0.0322. The van der Waals surface area contributed by atoms with Crippen molar-refractivity contribution < 1.29 is 9.84 Å². The van der Waals surface area contributed by atoms with Crippen molar-refractivity contribution in [2.75, 3.05) is 0 Å². The summed E-state index contributed by atoms with van der Waals surface area (Å²) in [4.78, 5) is 0. The Bertz CT molecular complexity index is 364. The third kappa shape index (κ3) is 1.29. The SMILES string of the molecule is C=C(C)[C@H]1C[C@]2(C)[C@@H](C)CCC[C@@]23O[C@H]3[C@H]1O. The van der Waals surface area contributed by atoms with Gasteiger partial charge in [0.05, 0.1) is 6.10 Å². The molecule has 0 aromatic heterocycles. The number of rotatable bonds is 1. The van der Waals surface area contributed by atoms with E-state index >= 15 is 0 Å². The molecule has 6 atom stereocenters. The van der Waals surface area contributed by atoms with Crippen LogP contribution in [0.25, 0.3) is 0 Å². The Balaban J connectivity index is 1.97. The summed E-state index contributed by atoms with van der Waals surface area (Å²) in [6.07, 6.45) is 4.47. The van der Waals surface area contributed by atoms with E-state index in [4.69, 9.17) is 4.74 Å². The molecule has 0 aromatic rings. The van der Waals surface area contributed by atoms with Gasteiger partial charge in [0.15, 0.2) is 0 Å². The number of hydrogen-bond donors (Lipinski definition) is 1. The lowest BCUT2D eigenvalue weighted by Gasteiger charge is -2.50. The highest BCUT2D eigenvalue weighted by atomic mass is 16.6. The minimum Gasteiger partial charge on any atom is -0.390 e. The van der Waals surface area contributed by atoms with E-state index in [9.17, 15) is 5.11 Å². The summed E-state index contributed by atoms with van der Waals surface area (Å²) < 4.78 is 6.04. The van der Waals surface area contributed by atoms with Gasteiger partial charge in [-0.3, -0.25) is 0 Å². The molecule has 17 heavy (non-hydrogen) atoms. The van der Waals surface area contributed by atoms with Crippen molar-refractivity contribution in [1.29, 1.82) is 0 Å². The van der Waals surface area contributed by atoms with Crippen LogP contribution in [0.15, 0.2) is 12.2 Å². The average molecular weight is 236 g/mol. The molecule has 0 aromatic carbocycles. The highest BCUT2D eigenvalue weighted by Crippen LogP contribution is 2.67. The van der Waals surface area contributed by atoms with Gasteiger partial charge in [-0.15, -0.1) is 0 Å². The topological polar surface area (TPSA) is 32.8 Å². The lowest BCUT2D eigenvalue weighted by atomic mass is 9.52. The number of hydrogen-bond acceptors (Lipinski definition) is 2. The van der Waals surface area contributed by atoms with E-state index in [1.54, 1.807) is 0 Å². The van der Waals surface area contributed by atoms with Gasteiger partial charge in [-0.1, -0.05) is 32.4 Å². The number of epoxide rings is 1. The normalized spacial score (nSPS) is 56.9. The van der Waals surface area contributed by atoms with E-state index in [-0.39, 0.29) is 29.1 Å². The highest BCUT2D eigenvalue weighted by Gasteiger charge is 2.74. The van der Waals surface area contributed by atoms with Gasteiger partial charge < -0.3 is 9.84 Å². The molecule has 2 saturated carbocycles. The van der Waals surface area contributed by atoms with Gasteiger partial charge >= 0.3 is 0 Å². The quantitative estimate of drug-likeness (QED) is 0.561. The third-order valence-electron chi connectivity index (χ3n) is 5.98. The molecule has 1 heterocycles. The Labute approximate surface area is 104 Å². The van der Waals surface area contributed by atoms with Crippen molar-refractivity contribution in [1.82, 2.24) is 0 Å². The summed E-state index contributed by atoms with van der Waals surface area (Å²) in [5, 5.41) is 10.4. The maximum Gasteiger partial charge on any atom is 0.114 e. The molecule has 1 N–H and O–H groups in total. The number of aliphatic hydroxyl groups excluding tert-OH is 1. The molecule has 1 spiro atoms. The summed E-state index contributed by atoms with van der Waals surface area (Å²) in [5.74, 6) is 0.914. The van der Waals surface area contributed by atoms with Crippen LogP contribution in [0.1, 0.15) is 46.5 Å². The van der Waals surface area contributed by atoms with Gasteiger partial charge in [-0.2, -0.15) is 0 Å². The standard InChI is InChI=1S/C15H24O2/c1-9(2)11-8-14(4)10(3)6-5-7-15(14)13(17-15)12(11)16/h10-13,16H,1,5-8H2,2-4H3/t10-,11+,12-,13-,14+,15-/m0/s1. The smallest absolute Gasteiger partial charge is 0.114 e. The second kappa shape index (κ2) is 3.36. The minimum absolute atomic E-state index is 0.00394. The first-order valence-corrected chi connectivity index (χ1v) is 6.94. The van der Waals surface area contributed by atoms with Gasteiger partial charge in [0.1, 0.15) is 11.7 Å². The molecule has 3 aliphatic rings. The Hall–Kier alpha value is -0.340. The van der Waals surface area contributed by atoms with E-state index in [2.05, 4.69) is 20.4 Å². The van der Waals surface area contributed by atoms with E-state index in [0.29, 0.717) is 5.92 Å². The molecule has 0 bridgehead atoms. The van der Waals surface area contributed by atoms with E-state index < -0.39 is 0 Å². The Morgan fingerprint density at radius 3 is 2.82 bits per heavy atom. The van der Waals surface area contributed by atoms with E-state index in [0.717, 1.165) is 18.4 Å². The number of ether oxygens (including phenoxy) is 1. The van der Waals surface area contributed by atoms with Crippen LogP contribution in [0.3, 0.4) is 0 Å². The van der Waals surface area contributed by atoms with Crippen molar-refractivity contribution >= 4 is 0 Å². The Morgan fingerprint density at radius 1 is 1.47 bits per heavy atom. The Morgan fingerprint density at radius 2 is 2.18 bits per heavy atom. The molecular weight excluding hydrogens is 212 g/mol. The average Bonchev–Trinajstić information content (AvgIpc) is 2.98. The molecule has 1 aliphatic heterocycles. The molecule has 2 heteroatoms. The molecule has 1 saturated heterocycles. The first-order valence-electron chi connectivity index (χ1n) is 6.94. The molecule has 2 aliphatic carbocycles. The van der Waals surface area contributed by atoms with Gasteiger partial charge in [0.2, 0.25) is 0 Å². The van der Waals surface area contributed by atoms with Crippen LogP contribution < -0.4 is 0 Å². The molecule has 3 fully saturated rings. The van der Waals surface area contributed by atoms with Crippen LogP contribution in [0.2, 0.25) is 0 Å². The minimum atomic E-state index is -0.328. The van der Waals surface area contributed by atoms with Crippen molar-refractivity contribution in [3.63, 3.8) is 0 Å². The van der Waals surface area contributed by atoms with Gasteiger partial charge in [-0.25, -0.2) is 0 Å². The summed E-state index contributed by atoms with van der Waals surface area (Å²) in [6, 6.07) is 0.